The van der Waals surface area contributed by atoms with Crippen LogP contribution >= 0.6 is 0 Å². The molecule has 0 aromatic carbocycles. The third kappa shape index (κ3) is 3.92. The molecule has 1 N–H and O–H groups in total. The average molecular weight is 276 g/mol. The second-order valence-electron chi connectivity index (χ2n) is 6.73. The van der Waals surface area contributed by atoms with Gasteiger partial charge in [0.1, 0.15) is 0 Å². The van der Waals surface area contributed by atoms with E-state index < -0.39 is 0 Å². The topological polar surface area (TPSA) is 41.0 Å². The smallest absolute Gasteiger partial charge is 0.225 e. The van der Waals surface area contributed by atoms with Crippen LogP contribution in [0.2, 0.25) is 0 Å². The van der Waals surface area contributed by atoms with Crippen LogP contribution in [0.4, 0.5) is 5.95 Å². The first-order valence-corrected chi connectivity index (χ1v) is 7.80. The Balaban J connectivity index is 1.97. The Bertz CT molecular complexity index is 417. The molecule has 20 heavy (non-hydrogen) atoms. The summed E-state index contributed by atoms with van der Waals surface area (Å²) in [6, 6.07) is 2.03. The zero-order valence-corrected chi connectivity index (χ0v) is 13.3. The molecule has 1 aromatic rings. The molecule has 4 heteroatoms. The van der Waals surface area contributed by atoms with E-state index in [0.717, 1.165) is 43.7 Å². The monoisotopic (exact) mass is 276 g/mol. The highest BCUT2D eigenvalue weighted by atomic mass is 15.3. The van der Waals surface area contributed by atoms with E-state index in [9.17, 15) is 0 Å². The van der Waals surface area contributed by atoms with Gasteiger partial charge in [-0.2, -0.15) is 0 Å². The van der Waals surface area contributed by atoms with E-state index in [4.69, 9.17) is 4.98 Å². The van der Waals surface area contributed by atoms with Crippen molar-refractivity contribution < 1.29 is 0 Å². The number of rotatable bonds is 4. The minimum Gasteiger partial charge on any atom is -0.341 e. The van der Waals surface area contributed by atoms with Crippen molar-refractivity contribution in [3.05, 3.63) is 18.0 Å². The van der Waals surface area contributed by atoms with Gasteiger partial charge in [0.25, 0.3) is 0 Å². The quantitative estimate of drug-likeness (QED) is 0.918. The summed E-state index contributed by atoms with van der Waals surface area (Å²) in [6.45, 7) is 13.1. The number of hydrogen-bond donors (Lipinski definition) is 1. The van der Waals surface area contributed by atoms with Crippen LogP contribution in [-0.2, 0) is 5.41 Å². The molecule has 2 heterocycles. The molecule has 0 radical (unpaired) electrons. The van der Waals surface area contributed by atoms with E-state index in [-0.39, 0.29) is 5.41 Å². The molecule has 112 valence electrons. The number of nitrogens with one attached hydrogen (secondary N) is 1. The Hall–Kier alpha value is -1.16. The van der Waals surface area contributed by atoms with Crippen molar-refractivity contribution in [3.63, 3.8) is 0 Å². The van der Waals surface area contributed by atoms with Crippen molar-refractivity contribution >= 4 is 5.95 Å². The van der Waals surface area contributed by atoms with Crippen molar-refractivity contribution in [1.29, 1.82) is 0 Å². The summed E-state index contributed by atoms with van der Waals surface area (Å²) >= 11 is 0. The van der Waals surface area contributed by atoms with Crippen LogP contribution in [-0.4, -0.2) is 36.1 Å². The van der Waals surface area contributed by atoms with E-state index in [2.05, 4.69) is 42.9 Å². The van der Waals surface area contributed by atoms with E-state index in [1.54, 1.807) is 0 Å². The summed E-state index contributed by atoms with van der Waals surface area (Å²) in [5.74, 6) is 1.70. The third-order valence-corrected chi connectivity index (χ3v) is 3.99. The highest BCUT2D eigenvalue weighted by Crippen LogP contribution is 2.24. The lowest BCUT2D eigenvalue weighted by atomic mass is 9.92. The molecule has 1 aromatic heterocycles. The summed E-state index contributed by atoms with van der Waals surface area (Å²) in [5.41, 5.74) is 1.21. The second kappa shape index (κ2) is 6.53. The van der Waals surface area contributed by atoms with Crippen molar-refractivity contribution in [2.45, 2.75) is 46.0 Å². The van der Waals surface area contributed by atoms with Crippen LogP contribution in [0.3, 0.4) is 0 Å². The minimum absolute atomic E-state index is 0.0844. The van der Waals surface area contributed by atoms with E-state index in [1.165, 1.54) is 12.8 Å². The second-order valence-corrected chi connectivity index (χ2v) is 6.73. The van der Waals surface area contributed by atoms with Gasteiger partial charge in [0.2, 0.25) is 5.95 Å². The first-order valence-electron chi connectivity index (χ1n) is 7.80. The Kier molecular flexibility index (Phi) is 4.97. The molecular weight excluding hydrogens is 248 g/mol. The van der Waals surface area contributed by atoms with E-state index in [1.807, 2.05) is 12.3 Å². The molecule has 4 nitrogen and oxygen atoms in total. The van der Waals surface area contributed by atoms with Gasteiger partial charge in [0.15, 0.2) is 0 Å². The van der Waals surface area contributed by atoms with Gasteiger partial charge in [-0.3, -0.25) is 0 Å². The van der Waals surface area contributed by atoms with Gasteiger partial charge in [0.05, 0.1) is 5.69 Å². The number of piperidine rings is 1. The molecule has 0 spiro atoms. The van der Waals surface area contributed by atoms with Crippen LogP contribution in [0, 0.1) is 5.92 Å². The zero-order valence-electron chi connectivity index (χ0n) is 13.3. The lowest BCUT2D eigenvalue weighted by molar-refractivity contribution is 0.383. The molecular formula is C16H28N4. The fourth-order valence-corrected chi connectivity index (χ4v) is 2.60. The molecule has 0 amide bonds. The normalized spacial score (nSPS) is 17.5. The maximum atomic E-state index is 4.75. The predicted molar refractivity (Wildman–Crippen MR) is 84.2 cm³/mol. The molecule has 1 saturated heterocycles. The van der Waals surface area contributed by atoms with Crippen LogP contribution in [0.25, 0.3) is 0 Å². The summed E-state index contributed by atoms with van der Waals surface area (Å²) in [5, 5.41) is 3.45. The number of anilines is 1. The molecule has 0 atom stereocenters. The molecule has 0 bridgehead atoms. The number of aromatic nitrogens is 2. The van der Waals surface area contributed by atoms with Crippen molar-refractivity contribution in [3.8, 4) is 0 Å². The highest BCUT2D eigenvalue weighted by Gasteiger charge is 2.22. The first kappa shape index (κ1) is 15.2. The Morgan fingerprint density at radius 1 is 1.30 bits per heavy atom. The largest absolute Gasteiger partial charge is 0.341 e. The zero-order chi connectivity index (χ0) is 14.6. The lowest BCUT2D eigenvalue weighted by Gasteiger charge is -2.32. The van der Waals surface area contributed by atoms with Crippen molar-refractivity contribution in [1.82, 2.24) is 15.3 Å². The molecule has 0 saturated carbocycles. The molecule has 1 fully saturated rings. The van der Waals surface area contributed by atoms with Crippen molar-refractivity contribution in [2.24, 2.45) is 5.92 Å². The van der Waals surface area contributed by atoms with E-state index >= 15 is 0 Å². The van der Waals surface area contributed by atoms with Crippen LogP contribution < -0.4 is 10.2 Å². The third-order valence-electron chi connectivity index (χ3n) is 3.99. The molecule has 0 unspecified atom stereocenters. The van der Waals surface area contributed by atoms with Gasteiger partial charge in [-0.1, -0.05) is 27.7 Å². The van der Waals surface area contributed by atoms with Crippen LogP contribution in [0.1, 0.15) is 46.2 Å². The minimum atomic E-state index is 0.0844. The average Bonchev–Trinajstić information content (AvgIpc) is 2.45. The Labute approximate surface area is 123 Å². The maximum Gasteiger partial charge on any atom is 0.225 e. The standard InChI is InChI=1S/C16H28N4/c1-5-17-12-13-7-10-20(11-8-13)15-18-9-6-14(19-15)16(2,3)4/h6,9,13,17H,5,7-8,10-12H2,1-4H3. The Morgan fingerprint density at radius 3 is 2.60 bits per heavy atom. The summed E-state index contributed by atoms with van der Waals surface area (Å²) < 4.78 is 0. The maximum absolute atomic E-state index is 4.75. The van der Waals surface area contributed by atoms with Gasteiger partial charge in [-0.25, -0.2) is 9.97 Å². The fourth-order valence-electron chi connectivity index (χ4n) is 2.60. The molecule has 2 rings (SSSR count). The number of nitrogens with zero attached hydrogens (tertiary/aromatic N) is 3. The van der Waals surface area contributed by atoms with E-state index in [0.29, 0.717) is 0 Å². The molecule has 1 aliphatic heterocycles. The summed E-state index contributed by atoms with van der Waals surface area (Å²) in [7, 11) is 0. The van der Waals surface area contributed by atoms with Gasteiger partial charge < -0.3 is 10.2 Å². The van der Waals surface area contributed by atoms with Crippen LogP contribution in [0.15, 0.2) is 12.3 Å². The number of hydrogen-bond acceptors (Lipinski definition) is 4. The van der Waals surface area contributed by atoms with Gasteiger partial charge in [-0.15, -0.1) is 0 Å². The predicted octanol–water partition coefficient (Wildman–Crippen LogP) is 2.60. The Morgan fingerprint density at radius 2 is 2.00 bits per heavy atom. The van der Waals surface area contributed by atoms with Gasteiger partial charge >= 0.3 is 0 Å². The van der Waals surface area contributed by atoms with Gasteiger partial charge in [0, 0.05) is 24.7 Å². The highest BCUT2D eigenvalue weighted by molar-refractivity contribution is 5.32. The summed E-state index contributed by atoms with van der Waals surface area (Å²) in [4.78, 5) is 11.5. The molecule has 0 aliphatic carbocycles. The summed E-state index contributed by atoms with van der Waals surface area (Å²) in [6.07, 6.45) is 4.36. The SMILES string of the molecule is CCNCC1CCN(c2nccc(C(C)(C)C)n2)CC1. The fraction of sp³-hybridized carbons (Fsp3) is 0.750. The van der Waals surface area contributed by atoms with Crippen molar-refractivity contribution in [2.75, 3.05) is 31.1 Å². The first-order chi connectivity index (χ1) is 9.50. The van der Waals surface area contributed by atoms with Gasteiger partial charge in [-0.05, 0) is 37.9 Å². The van der Waals surface area contributed by atoms with Crippen LogP contribution in [0.5, 0.6) is 0 Å². The molecule has 1 aliphatic rings. The lowest BCUT2D eigenvalue weighted by Crippen LogP contribution is -2.38.